The minimum Gasteiger partial charge on any atom is -0.339 e. The Balaban J connectivity index is 2.93. The zero-order valence-electron chi connectivity index (χ0n) is 12.4. The fourth-order valence-electron chi connectivity index (χ4n) is 2.95. The molecule has 3 nitrogen and oxygen atoms in total. The summed E-state index contributed by atoms with van der Waals surface area (Å²) in [5.41, 5.74) is 0.330. The van der Waals surface area contributed by atoms with E-state index in [1.165, 1.54) is 0 Å². The summed E-state index contributed by atoms with van der Waals surface area (Å²) in [5.74, 6) is 0.0228. The summed E-state index contributed by atoms with van der Waals surface area (Å²) in [4.78, 5) is 13.8. The van der Waals surface area contributed by atoms with E-state index in [9.17, 15) is 4.79 Å². The van der Waals surface area contributed by atoms with E-state index in [4.69, 9.17) is 11.8 Å². The molecule has 0 saturated carbocycles. The highest BCUT2D eigenvalue weighted by molar-refractivity contribution is 6.14. The monoisotopic (exact) mass is 272 g/mol. The number of carbonyl (C=O) groups is 1. The highest BCUT2D eigenvalue weighted by Gasteiger charge is 2.46. The highest BCUT2D eigenvalue weighted by atomic mass is 35.5. The van der Waals surface area contributed by atoms with Crippen LogP contribution in [0.2, 0.25) is 0 Å². The second-order valence-electron chi connectivity index (χ2n) is 6.66. The fraction of sp³-hybridized carbons (Fsp3) is 0.786. The summed E-state index contributed by atoms with van der Waals surface area (Å²) >= 11 is 6.42. The van der Waals surface area contributed by atoms with Gasteiger partial charge in [-0.25, -0.2) is 4.42 Å². The van der Waals surface area contributed by atoms with Gasteiger partial charge in [0.1, 0.15) is 0 Å². The van der Waals surface area contributed by atoms with Crippen LogP contribution in [0.25, 0.3) is 0 Å². The Hall–Kier alpha value is -0.540. The second kappa shape index (κ2) is 4.86. The maximum atomic E-state index is 12.0. The van der Waals surface area contributed by atoms with E-state index in [1.54, 1.807) is 6.92 Å². The molecule has 0 aliphatic carbocycles. The summed E-state index contributed by atoms with van der Waals surface area (Å²) in [6.45, 7) is 14.0. The Morgan fingerprint density at radius 3 is 2.00 bits per heavy atom. The Morgan fingerprint density at radius 2 is 1.67 bits per heavy atom. The van der Waals surface area contributed by atoms with Crippen molar-refractivity contribution >= 4 is 17.7 Å². The fourth-order valence-corrected chi connectivity index (χ4v) is 3.08. The molecule has 0 aromatic heterocycles. The molecule has 18 heavy (non-hydrogen) atoms. The molecule has 0 bridgehead atoms. The van der Waals surface area contributed by atoms with E-state index < -0.39 is 0 Å². The third-order valence-electron chi connectivity index (χ3n) is 3.77. The van der Waals surface area contributed by atoms with Crippen molar-refractivity contribution in [2.24, 2.45) is 0 Å². The quantitative estimate of drug-likeness (QED) is 0.569. The molecule has 1 heterocycles. The topological polar surface area (TPSA) is 23.6 Å². The molecule has 0 unspecified atom stereocenters. The van der Waals surface area contributed by atoms with E-state index in [0.29, 0.717) is 5.57 Å². The molecular weight excluding hydrogens is 248 g/mol. The lowest BCUT2D eigenvalue weighted by molar-refractivity contribution is -0.130. The molecule has 0 radical (unpaired) electrons. The van der Waals surface area contributed by atoms with Crippen molar-refractivity contribution in [1.82, 2.24) is 9.32 Å². The van der Waals surface area contributed by atoms with E-state index in [-0.39, 0.29) is 23.0 Å². The van der Waals surface area contributed by atoms with Gasteiger partial charge in [0, 0.05) is 29.7 Å². The van der Waals surface area contributed by atoms with Crippen LogP contribution in [0.15, 0.2) is 12.2 Å². The molecule has 1 amide bonds. The van der Waals surface area contributed by atoms with Crippen LogP contribution >= 0.6 is 11.8 Å². The molecule has 0 aromatic rings. The van der Waals surface area contributed by atoms with Gasteiger partial charge < -0.3 is 4.90 Å². The van der Waals surface area contributed by atoms with Crippen molar-refractivity contribution in [1.29, 1.82) is 0 Å². The van der Waals surface area contributed by atoms with Gasteiger partial charge in [-0.15, -0.1) is 0 Å². The lowest BCUT2D eigenvalue weighted by atomic mass is 9.79. The third kappa shape index (κ3) is 2.89. The number of likely N-dealkylation sites (N-methyl/N-ethyl adjacent to an activating group) is 1. The highest BCUT2D eigenvalue weighted by Crippen LogP contribution is 2.41. The molecule has 0 aromatic carbocycles. The number of hydrogen-bond donors (Lipinski definition) is 0. The molecule has 104 valence electrons. The summed E-state index contributed by atoms with van der Waals surface area (Å²) in [6, 6.07) is 0.203. The van der Waals surface area contributed by atoms with E-state index in [0.717, 1.165) is 12.8 Å². The first-order chi connectivity index (χ1) is 7.99. The molecule has 0 N–H and O–H groups in total. The van der Waals surface area contributed by atoms with Gasteiger partial charge in [-0.05, 0) is 59.2 Å². The average molecular weight is 273 g/mol. The lowest BCUT2D eigenvalue weighted by Crippen LogP contribution is -2.60. The van der Waals surface area contributed by atoms with E-state index in [1.807, 2.05) is 16.4 Å². The van der Waals surface area contributed by atoms with Crippen LogP contribution < -0.4 is 0 Å². The van der Waals surface area contributed by atoms with Crippen LogP contribution in [0.5, 0.6) is 0 Å². The number of piperidine rings is 1. The van der Waals surface area contributed by atoms with Crippen molar-refractivity contribution in [2.75, 3.05) is 7.05 Å². The number of amides is 1. The summed E-state index contributed by atoms with van der Waals surface area (Å²) in [5, 5.41) is 0. The standard InChI is InChI=1S/C14H25ClN2O/c1-10(2)12(18)16(7)11-8-13(3,4)17(15)14(5,6)9-11/h11H,1,8-9H2,2-7H3. The zero-order valence-corrected chi connectivity index (χ0v) is 13.1. The van der Waals surface area contributed by atoms with Crippen LogP contribution in [0.1, 0.15) is 47.5 Å². The van der Waals surface area contributed by atoms with Gasteiger partial charge in [0.05, 0.1) is 0 Å². The van der Waals surface area contributed by atoms with Gasteiger partial charge in [-0.1, -0.05) is 6.58 Å². The minimum absolute atomic E-state index is 0.0228. The van der Waals surface area contributed by atoms with Crippen LogP contribution in [0.4, 0.5) is 0 Å². The first-order valence-electron chi connectivity index (χ1n) is 6.38. The van der Waals surface area contributed by atoms with Crippen LogP contribution in [-0.4, -0.2) is 39.4 Å². The smallest absolute Gasteiger partial charge is 0.248 e. The molecule has 0 atom stereocenters. The average Bonchev–Trinajstić information content (AvgIpc) is 2.22. The van der Waals surface area contributed by atoms with Crippen LogP contribution in [0.3, 0.4) is 0 Å². The number of nitrogens with zero attached hydrogens (tertiary/aromatic N) is 2. The minimum atomic E-state index is -0.127. The zero-order chi connectivity index (χ0) is 14.3. The Labute approximate surface area is 116 Å². The van der Waals surface area contributed by atoms with E-state index in [2.05, 4.69) is 34.3 Å². The van der Waals surface area contributed by atoms with Crippen LogP contribution in [0, 0.1) is 0 Å². The number of hydrogen-bond acceptors (Lipinski definition) is 2. The second-order valence-corrected chi connectivity index (χ2v) is 7.00. The Bertz CT molecular complexity index is 345. The van der Waals surface area contributed by atoms with E-state index >= 15 is 0 Å². The van der Waals surface area contributed by atoms with Crippen molar-refractivity contribution in [3.8, 4) is 0 Å². The molecule has 4 heteroatoms. The number of halogens is 1. The van der Waals surface area contributed by atoms with Crippen molar-refractivity contribution in [3.05, 3.63) is 12.2 Å². The van der Waals surface area contributed by atoms with Gasteiger partial charge in [-0.2, -0.15) is 0 Å². The van der Waals surface area contributed by atoms with Crippen molar-refractivity contribution < 1.29 is 4.79 Å². The van der Waals surface area contributed by atoms with Gasteiger partial charge in [0.2, 0.25) is 5.91 Å². The molecular formula is C14H25ClN2O. The molecule has 1 aliphatic heterocycles. The van der Waals surface area contributed by atoms with Gasteiger partial charge in [0.25, 0.3) is 0 Å². The third-order valence-corrected chi connectivity index (χ3v) is 4.68. The maximum absolute atomic E-state index is 12.0. The molecule has 1 aliphatic rings. The first kappa shape index (κ1) is 15.5. The van der Waals surface area contributed by atoms with Gasteiger partial charge in [0.15, 0.2) is 0 Å². The summed E-state index contributed by atoms with van der Waals surface area (Å²) in [7, 11) is 1.86. The number of carbonyl (C=O) groups excluding carboxylic acids is 1. The molecule has 0 spiro atoms. The predicted octanol–water partition coefficient (Wildman–Crippen LogP) is 3.20. The maximum Gasteiger partial charge on any atom is 0.248 e. The molecule has 1 fully saturated rings. The van der Waals surface area contributed by atoms with Crippen LogP contribution in [-0.2, 0) is 4.79 Å². The predicted molar refractivity (Wildman–Crippen MR) is 76.5 cm³/mol. The van der Waals surface area contributed by atoms with Gasteiger partial charge >= 0.3 is 0 Å². The first-order valence-corrected chi connectivity index (χ1v) is 6.71. The van der Waals surface area contributed by atoms with Gasteiger partial charge in [-0.3, -0.25) is 4.79 Å². The number of rotatable bonds is 2. The SMILES string of the molecule is C=C(C)C(=O)N(C)C1CC(C)(C)N(Cl)C(C)(C)C1. The molecule has 1 saturated heterocycles. The lowest BCUT2D eigenvalue weighted by Gasteiger charge is -2.53. The largest absolute Gasteiger partial charge is 0.339 e. The Kier molecular flexibility index (Phi) is 4.19. The Morgan fingerprint density at radius 1 is 1.28 bits per heavy atom. The van der Waals surface area contributed by atoms with Crippen molar-refractivity contribution in [2.45, 2.75) is 64.6 Å². The summed E-state index contributed by atoms with van der Waals surface area (Å²) < 4.78 is 1.90. The molecule has 1 rings (SSSR count). The van der Waals surface area contributed by atoms with Crippen molar-refractivity contribution in [3.63, 3.8) is 0 Å². The summed E-state index contributed by atoms with van der Waals surface area (Å²) in [6.07, 6.45) is 1.74. The normalized spacial score (nSPS) is 23.7.